The third kappa shape index (κ3) is 4.81. The van der Waals surface area contributed by atoms with E-state index in [0.29, 0.717) is 13.1 Å². The van der Waals surface area contributed by atoms with Crippen LogP contribution in [0.5, 0.6) is 11.5 Å². The topological polar surface area (TPSA) is 139 Å². The van der Waals surface area contributed by atoms with Gasteiger partial charge in [-0.05, 0) is 49.2 Å². The Labute approximate surface area is 186 Å². The second kappa shape index (κ2) is 9.35. The van der Waals surface area contributed by atoms with Gasteiger partial charge >= 0.3 is 5.97 Å². The highest BCUT2D eigenvalue weighted by molar-refractivity contribution is 7.92. The van der Waals surface area contributed by atoms with E-state index in [1.165, 1.54) is 48.9 Å². The van der Waals surface area contributed by atoms with Crippen LogP contribution in [0.3, 0.4) is 0 Å². The predicted molar refractivity (Wildman–Crippen MR) is 116 cm³/mol. The largest absolute Gasteiger partial charge is 0.495 e. The maximum absolute atomic E-state index is 13.2. The molecule has 2 aromatic carbocycles. The molecule has 0 saturated carbocycles. The first-order valence-electron chi connectivity index (χ1n) is 9.72. The molecule has 174 valence electrons. The number of carbonyl (C=O) groups is 1. The number of ether oxygens (including phenoxy) is 2. The number of carboxylic acid groups (broad SMARTS) is 1. The Morgan fingerprint density at radius 3 is 2.09 bits per heavy atom. The molecule has 10 nitrogen and oxygen atoms in total. The van der Waals surface area contributed by atoms with Gasteiger partial charge in [-0.1, -0.05) is 6.42 Å². The van der Waals surface area contributed by atoms with Gasteiger partial charge in [-0.15, -0.1) is 0 Å². The van der Waals surface area contributed by atoms with Gasteiger partial charge in [0.1, 0.15) is 21.3 Å². The molecule has 1 aliphatic rings. The Hall–Kier alpha value is -2.83. The van der Waals surface area contributed by atoms with Crippen molar-refractivity contribution in [3.05, 3.63) is 42.0 Å². The first-order chi connectivity index (χ1) is 15.1. The molecule has 0 spiro atoms. The minimum absolute atomic E-state index is 0.0239. The number of rotatable bonds is 8. The summed E-state index contributed by atoms with van der Waals surface area (Å²) in [6.07, 6.45) is 2.43. The lowest BCUT2D eigenvalue weighted by Gasteiger charge is -2.26. The van der Waals surface area contributed by atoms with Crippen molar-refractivity contribution in [2.24, 2.45) is 0 Å². The highest BCUT2D eigenvalue weighted by Crippen LogP contribution is 2.33. The number of nitrogens with one attached hydrogen (secondary N) is 1. The summed E-state index contributed by atoms with van der Waals surface area (Å²) in [5.74, 6) is -1.27. The number of nitrogens with zero attached hydrogens (tertiary/aromatic N) is 1. The molecule has 0 amide bonds. The zero-order valence-corrected chi connectivity index (χ0v) is 19.2. The minimum Gasteiger partial charge on any atom is -0.495 e. The number of aromatic carboxylic acids is 1. The minimum atomic E-state index is -4.31. The average molecular weight is 485 g/mol. The molecular weight excluding hydrogens is 460 g/mol. The number of hydrogen-bond donors (Lipinski definition) is 2. The fourth-order valence-electron chi connectivity index (χ4n) is 3.42. The molecule has 0 bridgehead atoms. The third-order valence-electron chi connectivity index (χ3n) is 5.05. The molecule has 1 aliphatic heterocycles. The van der Waals surface area contributed by atoms with E-state index < -0.39 is 30.9 Å². The summed E-state index contributed by atoms with van der Waals surface area (Å²) in [4.78, 5) is 10.7. The van der Waals surface area contributed by atoms with Crippen molar-refractivity contribution in [3.63, 3.8) is 0 Å². The molecule has 2 aromatic rings. The fourth-order valence-corrected chi connectivity index (χ4v) is 6.36. The Balaban J connectivity index is 2.02. The van der Waals surface area contributed by atoms with Gasteiger partial charge in [0, 0.05) is 13.1 Å². The molecule has 1 fully saturated rings. The van der Waals surface area contributed by atoms with Crippen molar-refractivity contribution in [3.8, 4) is 11.5 Å². The lowest BCUT2D eigenvalue weighted by molar-refractivity contribution is 0.0696. The van der Waals surface area contributed by atoms with Crippen molar-refractivity contribution in [2.45, 2.75) is 29.1 Å². The summed E-state index contributed by atoms with van der Waals surface area (Å²) in [5.41, 5.74) is -0.265. The number of piperidine rings is 1. The molecular formula is C20H24N2O8S2. The third-order valence-corrected chi connectivity index (χ3v) is 8.37. The van der Waals surface area contributed by atoms with Crippen LogP contribution in [0.25, 0.3) is 0 Å². The quantitative estimate of drug-likeness (QED) is 0.582. The van der Waals surface area contributed by atoms with Crippen LogP contribution < -0.4 is 14.2 Å². The summed E-state index contributed by atoms with van der Waals surface area (Å²) in [5, 5.41) is 9.19. The zero-order valence-electron chi connectivity index (χ0n) is 17.6. The molecule has 0 aromatic heterocycles. The number of benzene rings is 2. The van der Waals surface area contributed by atoms with E-state index in [0.717, 1.165) is 25.3 Å². The molecule has 0 radical (unpaired) electrons. The molecule has 32 heavy (non-hydrogen) atoms. The van der Waals surface area contributed by atoms with Crippen LogP contribution in [0.1, 0.15) is 29.6 Å². The van der Waals surface area contributed by atoms with E-state index in [2.05, 4.69) is 4.72 Å². The molecule has 1 saturated heterocycles. The number of methoxy groups -OCH3 is 2. The second-order valence-corrected chi connectivity index (χ2v) is 10.7. The number of hydrogen-bond acceptors (Lipinski definition) is 7. The van der Waals surface area contributed by atoms with Crippen LogP contribution in [-0.2, 0) is 20.0 Å². The predicted octanol–water partition coefficient (Wildman–Crippen LogP) is 2.38. The lowest BCUT2D eigenvalue weighted by Crippen LogP contribution is -2.35. The first-order valence-corrected chi connectivity index (χ1v) is 12.6. The smallest absolute Gasteiger partial charge is 0.335 e. The number of sulfonamides is 2. The summed E-state index contributed by atoms with van der Waals surface area (Å²) in [6.45, 7) is 0.751. The number of anilines is 1. The molecule has 2 N–H and O–H groups in total. The molecule has 0 unspecified atom stereocenters. The SMILES string of the molecule is COc1ccc(C(=O)O)cc1S(=O)(=O)Nc1ccc(OC)c(S(=O)(=O)N2CCCCC2)c1. The average Bonchev–Trinajstić information content (AvgIpc) is 2.78. The van der Waals surface area contributed by atoms with E-state index in [4.69, 9.17) is 9.47 Å². The van der Waals surface area contributed by atoms with Crippen molar-refractivity contribution in [1.82, 2.24) is 4.31 Å². The maximum atomic E-state index is 13.2. The van der Waals surface area contributed by atoms with Crippen LogP contribution in [0.2, 0.25) is 0 Å². The van der Waals surface area contributed by atoms with Crippen molar-refractivity contribution >= 4 is 31.7 Å². The van der Waals surface area contributed by atoms with Crippen molar-refractivity contribution < 1.29 is 36.2 Å². The van der Waals surface area contributed by atoms with Gasteiger partial charge in [0.2, 0.25) is 10.0 Å². The van der Waals surface area contributed by atoms with Crippen LogP contribution >= 0.6 is 0 Å². The van der Waals surface area contributed by atoms with Gasteiger partial charge in [0.15, 0.2) is 0 Å². The summed E-state index contributed by atoms with van der Waals surface area (Å²) in [6, 6.07) is 7.33. The second-order valence-electron chi connectivity index (χ2n) is 7.11. The maximum Gasteiger partial charge on any atom is 0.335 e. The normalized spacial score (nSPS) is 15.2. The van der Waals surface area contributed by atoms with Crippen LogP contribution in [-0.4, -0.2) is 59.5 Å². The summed E-state index contributed by atoms with van der Waals surface area (Å²) < 4.78 is 66.2. The van der Waals surface area contributed by atoms with E-state index in [1.807, 2.05) is 0 Å². The standard InChI is InChI=1S/C20H24N2O8S2/c1-29-16-8-6-14(20(23)24)12-18(16)31(25,26)21-15-7-9-17(30-2)19(13-15)32(27,28)22-10-4-3-5-11-22/h6-9,12-13,21H,3-5,10-11H2,1-2H3,(H,23,24). The number of carboxylic acids is 1. The summed E-state index contributed by atoms with van der Waals surface area (Å²) in [7, 11) is -5.63. The molecule has 3 rings (SSSR count). The van der Waals surface area contributed by atoms with Gasteiger partial charge in [0.05, 0.1) is 25.5 Å². The molecule has 0 atom stereocenters. The van der Waals surface area contributed by atoms with Crippen LogP contribution in [0.4, 0.5) is 5.69 Å². The first kappa shape index (κ1) is 23.8. The van der Waals surface area contributed by atoms with Gasteiger partial charge in [-0.25, -0.2) is 21.6 Å². The van der Waals surface area contributed by atoms with E-state index in [-0.39, 0.29) is 27.6 Å². The van der Waals surface area contributed by atoms with Crippen LogP contribution in [0.15, 0.2) is 46.2 Å². The Kier molecular flexibility index (Phi) is 6.96. The van der Waals surface area contributed by atoms with Crippen LogP contribution in [0, 0.1) is 0 Å². The monoisotopic (exact) mass is 484 g/mol. The van der Waals surface area contributed by atoms with Crippen molar-refractivity contribution in [1.29, 1.82) is 0 Å². The molecule has 0 aliphatic carbocycles. The fraction of sp³-hybridized carbons (Fsp3) is 0.350. The van der Waals surface area contributed by atoms with E-state index >= 15 is 0 Å². The van der Waals surface area contributed by atoms with Crippen molar-refractivity contribution in [2.75, 3.05) is 32.0 Å². The molecule has 12 heteroatoms. The van der Waals surface area contributed by atoms with E-state index in [1.54, 1.807) is 0 Å². The Morgan fingerprint density at radius 2 is 1.50 bits per heavy atom. The van der Waals surface area contributed by atoms with E-state index in [9.17, 15) is 26.7 Å². The van der Waals surface area contributed by atoms with Gasteiger partial charge < -0.3 is 14.6 Å². The Morgan fingerprint density at radius 1 is 0.906 bits per heavy atom. The van der Waals surface area contributed by atoms with Gasteiger partial charge in [0.25, 0.3) is 10.0 Å². The highest BCUT2D eigenvalue weighted by Gasteiger charge is 2.30. The van der Waals surface area contributed by atoms with Gasteiger partial charge in [-0.3, -0.25) is 4.72 Å². The highest BCUT2D eigenvalue weighted by atomic mass is 32.2. The Bertz CT molecular complexity index is 1220. The zero-order chi connectivity index (χ0) is 23.5. The van der Waals surface area contributed by atoms with Gasteiger partial charge in [-0.2, -0.15) is 4.31 Å². The lowest BCUT2D eigenvalue weighted by atomic mass is 10.2. The molecule has 1 heterocycles. The summed E-state index contributed by atoms with van der Waals surface area (Å²) >= 11 is 0.